The highest BCUT2D eigenvalue weighted by atomic mass is 15.2. The van der Waals surface area contributed by atoms with E-state index in [4.69, 9.17) is 0 Å². The van der Waals surface area contributed by atoms with Crippen molar-refractivity contribution < 1.29 is 0 Å². The molecule has 0 aromatic carbocycles. The van der Waals surface area contributed by atoms with Crippen molar-refractivity contribution in [3.63, 3.8) is 0 Å². The van der Waals surface area contributed by atoms with Crippen LogP contribution in [-0.4, -0.2) is 23.5 Å². The standard InChI is InChI=1S/C9H18N/c1-4-10-8(2)6-5-7-9(10)3/h5,8-9H,4,6-7H2,1-3H3/t8-,9-/m1/s1. The second-order valence-electron chi connectivity index (χ2n) is 3.29. The highest BCUT2D eigenvalue weighted by Crippen LogP contribution is 2.20. The summed E-state index contributed by atoms with van der Waals surface area (Å²) in [5.41, 5.74) is 0. The predicted octanol–water partition coefficient (Wildman–Crippen LogP) is 2.08. The van der Waals surface area contributed by atoms with Crippen molar-refractivity contribution in [1.29, 1.82) is 0 Å². The Morgan fingerprint density at radius 3 is 2.10 bits per heavy atom. The second-order valence-corrected chi connectivity index (χ2v) is 3.29. The average Bonchev–Trinajstić information content (AvgIpc) is 1.88. The summed E-state index contributed by atoms with van der Waals surface area (Å²) in [6.07, 6.45) is 4.97. The Morgan fingerprint density at radius 2 is 1.80 bits per heavy atom. The first-order valence-corrected chi connectivity index (χ1v) is 4.33. The number of nitrogens with zero attached hydrogens (tertiary/aromatic N) is 1. The Bertz CT molecular complexity index is 90.9. The molecule has 1 radical (unpaired) electrons. The Morgan fingerprint density at radius 1 is 1.30 bits per heavy atom. The number of hydrogen-bond acceptors (Lipinski definition) is 1. The van der Waals surface area contributed by atoms with Crippen LogP contribution in [-0.2, 0) is 0 Å². The molecule has 0 saturated carbocycles. The zero-order chi connectivity index (χ0) is 7.56. The van der Waals surface area contributed by atoms with E-state index in [1.807, 2.05) is 0 Å². The van der Waals surface area contributed by atoms with Gasteiger partial charge < -0.3 is 0 Å². The molecule has 1 nitrogen and oxygen atoms in total. The van der Waals surface area contributed by atoms with E-state index in [1.165, 1.54) is 19.4 Å². The summed E-state index contributed by atoms with van der Waals surface area (Å²) in [4.78, 5) is 2.57. The third-order valence-electron chi connectivity index (χ3n) is 2.51. The first-order valence-electron chi connectivity index (χ1n) is 4.33. The molecule has 0 N–H and O–H groups in total. The Hall–Kier alpha value is -0.0400. The SMILES string of the molecule is CCN1[C@H](C)C[CH]C[C@H]1C. The summed E-state index contributed by atoms with van der Waals surface area (Å²) in [6.45, 7) is 8.08. The van der Waals surface area contributed by atoms with Crippen molar-refractivity contribution in [2.45, 2.75) is 45.7 Å². The molecular weight excluding hydrogens is 122 g/mol. The van der Waals surface area contributed by atoms with Crippen LogP contribution in [0.5, 0.6) is 0 Å². The van der Waals surface area contributed by atoms with Gasteiger partial charge in [0, 0.05) is 12.1 Å². The summed E-state index contributed by atoms with van der Waals surface area (Å²) in [7, 11) is 0. The molecule has 1 heteroatoms. The quantitative estimate of drug-likeness (QED) is 0.539. The molecule has 1 aliphatic heterocycles. The number of piperidine rings is 1. The summed E-state index contributed by atoms with van der Waals surface area (Å²) < 4.78 is 0. The van der Waals surface area contributed by atoms with Gasteiger partial charge in [0.05, 0.1) is 0 Å². The Labute approximate surface area is 64.4 Å². The molecule has 0 amide bonds. The van der Waals surface area contributed by atoms with E-state index in [9.17, 15) is 0 Å². The van der Waals surface area contributed by atoms with E-state index >= 15 is 0 Å². The predicted molar refractivity (Wildman–Crippen MR) is 44.8 cm³/mol. The molecule has 59 valence electrons. The first-order chi connectivity index (χ1) is 4.75. The number of rotatable bonds is 1. The fourth-order valence-corrected chi connectivity index (χ4v) is 1.91. The van der Waals surface area contributed by atoms with E-state index in [0.717, 1.165) is 12.1 Å². The fraction of sp³-hybridized carbons (Fsp3) is 0.889. The fourth-order valence-electron chi connectivity index (χ4n) is 1.91. The lowest BCUT2D eigenvalue weighted by atomic mass is 9.98. The normalized spacial score (nSPS) is 36.3. The van der Waals surface area contributed by atoms with E-state index in [-0.39, 0.29) is 0 Å². The monoisotopic (exact) mass is 140 g/mol. The van der Waals surface area contributed by atoms with Gasteiger partial charge in [-0.3, -0.25) is 4.90 Å². The van der Waals surface area contributed by atoms with Crippen LogP contribution in [0.4, 0.5) is 0 Å². The summed E-state index contributed by atoms with van der Waals surface area (Å²) >= 11 is 0. The van der Waals surface area contributed by atoms with Crippen LogP contribution in [0, 0.1) is 6.42 Å². The summed E-state index contributed by atoms with van der Waals surface area (Å²) in [6, 6.07) is 1.54. The minimum Gasteiger partial charge on any atom is -0.298 e. The number of hydrogen-bond donors (Lipinski definition) is 0. The van der Waals surface area contributed by atoms with Crippen molar-refractivity contribution >= 4 is 0 Å². The molecule has 0 unspecified atom stereocenters. The molecule has 2 atom stereocenters. The van der Waals surface area contributed by atoms with Gasteiger partial charge in [0.2, 0.25) is 0 Å². The van der Waals surface area contributed by atoms with Crippen molar-refractivity contribution in [1.82, 2.24) is 4.90 Å². The van der Waals surface area contributed by atoms with E-state index in [0.29, 0.717) is 0 Å². The van der Waals surface area contributed by atoms with Crippen molar-refractivity contribution in [3.05, 3.63) is 6.42 Å². The maximum atomic E-state index is 2.57. The lowest BCUT2D eigenvalue weighted by Crippen LogP contribution is -2.43. The van der Waals surface area contributed by atoms with Gasteiger partial charge in [-0.2, -0.15) is 0 Å². The zero-order valence-corrected chi connectivity index (χ0v) is 7.30. The van der Waals surface area contributed by atoms with E-state index < -0.39 is 0 Å². The summed E-state index contributed by atoms with van der Waals surface area (Å²) in [5.74, 6) is 0. The van der Waals surface area contributed by atoms with Crippen LogP contribution in [0.2, 0.25) is 0 Å². The summed E-state index contributed by atoms with van der Waals surface area (Å²) in [5, 5.41) is 0. The van der Waals surface area contributed by atoms with Gasteiger partial charge in [-0.15, -0.1) is 0 Å². The van der Waals surface area contributed by atoms with Crippen LogP contribution in [0.25, 0.3) is 0 Å². The molecule has 1 rings (SSSR count). The largest absolute Gasteiger partial charge is 0.298 e. The van der Waals surface area contributed by atoms with Crippen LogP contribution < -0.4 is 0 Å². The molecule has 10 heavy (non-hydrogen) atoms. The van der Waals surface area contributed by atoms with Crippen molar-refractivity contribution in [2.75, 3.05) is 6.54 Å². The van der Waals surface area contributed by atoms with Crippen LogP contribution >= 0.6 is 0 Å². The van der Waals surface area contributed by atoms with Gasteiger partial charge in [-0.25, -0.2) is 0 Å². The molecule has 0 spiro atoms. The van der Waals surface area contributed by atoms with Gasteiger partial charge in [-0.1, -0.05) is 6.92 Å². The zero-order valence-electron chi connectivity index (χ0n) is 7.30. The molecule has 0 bridgehead atoms. The smallest absolute Gasteiger partial charge is 0.00723 e. The lowest BCUT2D eigenvalue weighted by Gasteiger charge is -2.37. The van der Waals surface area contributed by atoms with Gasteiger partial charge in [-0.05, 0) is 39.7 Å². The van der Waals surface area contributed by atoms with Gasteiger partial charge >= 0.3 is 0 Å². The molecular formula is C9H18N. The Balaban J connectivity index is 2.45. The first kappa shape index (κ1) is 8.06. The Kier molecular flexibility index (Phi) is 2.72. The molecule has 0 aliphatic carbocycles. The molecule has 0 aromatic rings. The minimum atomic E-state index is 0.772. The lowest BCUT2D eigenvalue weighted by molar-refractivity contribution is 0.134. The average molecular weight is 140 g/mol. The van der Waals surface area contributed by atoms with E-state index in [1.54, 1.807) is 0 Å². The third kappa shape index (κ3) is 1.51. The second kappa shape index (κ2) is 3.38. The highest BCUT2D eigenvalue weighted by Gasteiger charge is 2.22. The van der Waals surface area contributed by atoms with Crippen molar-refractivity contribution in [2.24, 2.45) is 0 Å². The number of likely N-dealkylation sites (tertiary alicyclic amines) is 1. The molecule has 1 aliphatic rings. The highest BCUT2D eigenvalue weighted by molar-refractivity contribution is 4.87. The maximum absolute atomic E-state index is 2.57. The van der Waals surface area contributed by atoms with Crippen molar-refractivity contribution in [3.8, 4) is 0 Å². The maximum Gasteiger partial charge on any atom is 0.00723 e. The minimum absolute atomic E-state index is 0.772. The van der Waals surface area contributed by atoms with Crippen LogP contribution in [0.1, 0.15) is 33.6 Å². The van der Waals surface area contributed by atoms with Gasteiger partial charge in [0.25, 0.3) is 0 Å². The molecule has 1 saturated heterocycles. The van der Waals surface area contributed by atoms with Crippen LogP contribution in [0.3, 0.4) is 0 Å². The van der Waals surface area contributed by atoms with Gasteiger partial charge in [0.15, 0.2) is 0 Å². The third-order valence-corrected chi connectivity index (χ3v) is 2.51. The topological polar surface area (TPSA) is 3.24 Å². The molecule has 1 fully saturated rings. The molecule has 1 heterocycles. The van der Waals surface area contributed by atoms with Crippen LogP contribution in [0.15, 0.2) is 0 Å². The molecule has 0 aromatic heterocycles. The van der Waals surface area contributed by atoms with E-state index in [2.05, 4.69) is 32.1 Å². The van der Waals surface area contributed by atoms with Gasteiger partial charge in [0.1, 0.15) is 0 Å².